The second-order valence-corrected chi connectivity index (χ2v) is 2.93. The van der Waals surface area contributed by atoms with Crippen molar-refractivity contribution in [1.82, 2.24) is 10.0 Å². The van der Waals surface area contributed by atoms with E-state index in [1.54, 1.807) is 0 Å². The molecule has 0 amide bonds. The van der Waals surface area contributed by atoms with E-state index < -0.39 is 0 Å². The maximum absolute atomic E-state index is 2.19. The third-order valence-electron chi connectivity index (χ3n) is 1.76. The molecule has 0 rings (SSSR count). The van der Waals surface area contributed by atoms with Gasteiger partial charge in [-0.05, 0) is 20.3 Å². The Morgan fingerprint density at radius 3 is 2.09 bits per heavy atom. The summed E-state index contributed by atoms with van der Waals surface area (Å²) >= 11 is 0. The molecule has 0 fully saturated rings. The van der Waals surface area contributed by atoms with Crippen LogP contribution in [-0.2, 0) is 0 Å². The summed E-state index contributed by atoms with van der Waals surface area (Å²) in [6.45, 7) is 7.52. The normalized spacial score (nSPS) is 12.4. The standard InChI is InChI=1S/C9H20N2/c1-6-9(3)8-11(7-2)10(4)5/h8H,6-7H2,1-5H3/b9-8+. The SMILES string of the molecule is CC/C(C)=C/N(CC)N(C)C. The average Bonchev–Trinajstić information content (AvgIpc) is 1.99. The summed E-state index contributed by atoms with van der Waals surface area (Å²) in [4.78, 5) is 0. The smallest absolute Gasteiger partial charge is 0.0311 e. The van der Waals surface area contributed by atoms with Gasteiger partial charge in [0, 0.05) is 26.8 Å². The number of hydrogen-bond donors (Lipinski definition) is 0. The highest BCUT2D eigenvalue weighted by Crippen LogP contribution is 2.02. The predicted molar refractivity (Wildman–Crippen MR) is 50.1 cm³/mol. The van der Waals surface area contributed by atoms with Crippen molar-refractivity contribution in [3.8, 4) is 0 Å². The summed E-state index contributed by atoms with van der Waals surface area (Å²) in [5, 5.41) is 4.29. The van der Waals surface area contributed by atoms with E-state index in [0.717, 1.165) is 13.0 Å². The lowest BCUT2D eigenvalue weighted by Gasteiger charge is -2.26. The number of allylic oxidation sites excluding steroid dienone is 1. The molecule has 0 aromatic rings. The minimum Gasteiger partial charge on any atom is -0.314 e. The second-order valence-electron chi connectivity index (χ2n) is 2.93. The average molecular weight is 156 g/mol. The molecule has 2 heteroatoms. The van der Waals surface area contributed by atoms with Gasteiger partial charge in [0.15, 0.2) is 0 Å². The van der Waals surface area contributed by atoms with Crippen LogP contribution in [0.15, 0.2) is 11.8 Å². The molecule has 0 saturated heterocycles. The molecule has 0 radical (unpaired) electrons. The van der Waals surface area contributed by atoms with Crippen LogP contribution >= 0.6 is 0 Å². The third-order valence-corrected chi connectivity index (χ3v) is 1.76. The van der Waals surface area contributed by atoms with Gasteiger partial charge in [0.1, 0.15) is 0 Å². The summed E-state index contributed by atoms with van der Waals surface area (Å²) in [6.07, 6.45) is 3.32. The first-order chi connectivity index (χ1) is 5.11. The first kappa shape index (κ1) is 10.5. The molecule has 0 aliphatic heterocycles. The van der Waals surface area contributed by atoms with Crippen LogP contribution in [0.4, 0.5) is 0 Å². The Bertz CT molecular complexity index is 128. The lowest BCUT2D eigenvalue weighted by atomic mass is 10.2. The zero-order valence-electron chi connectivity index (χ0n) is 8.39. The van der Waals surface area contributed by atoms with Gasteiger partial charge in [-0.1, -0.05) is 12.5 Å². The van der Waals surface area contributed by atoms with Gasteiger partial charge >= 0.3 is 0 Å². The van der Waals surface area contributed by atoms with Gasteiger partial charge in [-0.2, -0.15) is 0 Å². The Morgan fingerprint density at radius 2 is 1.82 bits per heavy atom. The van der Waals surface area contributed by atoms with E-state index in [4.69, 9.17) is 0 Å². The fourth-order valence-corrected chi connectivity index (χ4v) is 0.835. The molecule has 0 aromatic carbocycles. The summed E-state index contributed by atoms with van der Waals surface area (Å²) in [7, 11) is 4.12. The molecular formula is C9H20N2. The Kier molecular flexibility index (Phi) is 4.95. The van der Waals surface area contributed by atoms with E-state index in [2.05, 4.69) is 51.1 Å². The predicted octanol–water partition coefficient (Wildman–Crippen LogP) is 2.10. The number of rotatable bonds is 4. The van der Waals surface area contributed by atoms with Gasteiger partial charge in [0.05, 0.1) is 0 Å². The van der Waals surface area contributed by atoms with Gasteiger partial charge in [-0.15, -0.1) is 0 Å². The topological polar surface area (TPSA) is 6.48 Å². The van der Waals surface area contributed by atoms with Crippen molar-refractivity contribution in [1.29, 1.82) is 0 Å². The third kappa shape index (κ3) is 4.04. The minimum atomic E-state index is 1.03. The number of hydrogen-bond acceptors (Lipinski definition) is 2. The molecule has 0 aliphatic rings. The van der Waals surface area contributed by atoms with Gasteiger partial charge in [0.2, 0.25) is 0 Å². The molecule has 66 valence electrons. The molecule has 0 spiro atoms. The molecular weight excluding hydrogens is 136 g/mol. The van der Waals surface area contributed by atoms with Crippen molar-refractivity contribution in [2.24, 2.45) is 0 Å². The fraction of sp³-hybridized carbons (Fsp3) is 0.778. The molecule has 0 heterocycles. The van der Waals surface area contributed by atoms with Crippen LogP contribution in [0.5, 0.6) is 0 Å². The van der Waals surface area contributed by atoms with Gasteiger partial charge in [-0.25, -0.2) is 5.01 Å². The summed E-state index contributed by atoms with van der Waals surface area (Å²) < 4.78 is 0. The molecule has 0 aliphatic carbocycles. The highest BCUT2D eigenvalue weighted by atomic mass is 15.6. The molecule has 0 aromatic heterocycles. The molecule has 11 heavy (non-hydrogen) atoms. The first-order valence-electron chi connectivity index (χ1n) is 4.23. The van der Waals surface area contributed by atoms with Gasteiger partial charge < -0.3 is 5.01 Å². The van der Waals surface area contributed by atoms with Crippen LogP contribution in [0.2, 0.25) is 0 Å². The lowest BCUT2D eigenvalue weighted by molar-refractivity contribution is 0.0880. The maximum Gasteiger partial charge on any atom is 0.0311 e. The van der Waals surface area contributed by atoms with Crippen LogP contribution in [0.3, 0.4) is 0 Å². The van der Waals surface area contributed by atoms with E-state index >= 15 is 0 Å². The molecule has 0 N–H and O–H groups in total. The Morgan fingerprint density at radius 1 is 1.27 bits per heavy atom. The maximum atomic E-state index is 2.19. The van der Waals surface area contributed by atoms with Crippen LogP contribution in [-0.4, -0.2) is 30.7 Å². The summed E-state index contributed by atoms with van der Waals surface area (Å²) in [5.41, 5.74) is 1.42. The van der Waals surface area contributed by atoms with Crippen LogP contribution < -0.4 is 0 Å². The Labute approximate surface area is 70.5 Å². The Balaban J connectivity index is 4.06. The summed E-state index contributed by atoms with van der Waals surface area (Å²) in [5.74, 6) is 0. The molecule has 0 unspecified atom stereocenters. The largest absolute Gasteiger partial charge is 0.314 e. The number of nitrogens with zero attached hydrogens (tertiary/aromatic N) is 2. The summed E-state index contributed by atoms with van der Waals surface area (Å²) in [6, 6.07) is 0. The van der Waals surface area contributed by atoms with Gasteiger partial charge in [-0.3, -0.25) is 0 Å². The van der Waals surface area contributed by atoms with Crippen molar-refractivity contribution in [2.75, 3.05) is 20.6 Å². The quantitative estimate of drug-likeness (QED) is 0.575. The second kappa shape index (κ2) is 5.19. The first-order valence-corrected chi connectivity index (χ1v) is 4.23. The van der Waals surface area contributed by atoms with E-state index in [-0.39, 0.29) is 0 Å². The van der Waals surface area contributed by atoms with Crippen molar-refractivity contribution in [3.05, 3.63) is 11.8 Å². The zero-order valence-corrected chi connectivity index (χ0v) is 8.39. The van der Waals surface area contributed by atoms with E-state index in [0.29, 0.717) is 0 Å². The highest BCUT2D eigenvalue weighted by Gasteiger charge is 1.97. The van der Waals surface area contributed by atoms with Crippen molar-refractivity contribution in [3.63, 3.8) is 0 Å². The van der Waals surface area contributed by atoms with Crippen molar-refractivity contribution >= 4 is 0 Å². The van der Waals surface area contributed by atoms with E-state index in [1.807, 2.05) is 0 Å². The lowest BCUT2D eigenvalue weighted by Crippen LogP contribution is -2.32. The monoisotopic (exact) mass is 156 g/mol. The fourth-order valence-electron chi connectivity index (χ4n) is 0.835. The van der Waals surface area contributed by atoms with Gasteiger partial charge in [0.25, 0.3) is 0 Å². The Hall–Kier alpha value is -0.500. The van der Waals surface area contributed by atoms with Crippen molar-refractivity contribution in [2.45, 2.75) is 27.2 Å². The van der Waals surface area contributed by atoms with E-state index in [9.17, 15) is 0 Å². The van der Waals surface area contributed by atoms with Crippen LogP contribution in [0.1, 0.15) is 27.2 Å². The molecule has 0 bridgehead atoms. The van der Waals surface area contributed by atoms with Crippen LogP contribution in [0, 0.1) is 0 Å². The van der Waals surface area contributed by atoms with Crippen LogP contribution in [0.25, 0.3) is 0 Å². The zero-order chi connectivity index (χ0) is 8.85. The molecule has 0 atom stereocenters. The molecule has 0 saturated carbocycles. The van der Waals surface area contributed by atoms with E-state index in [1.165, 1.54) is 5.57 Å². The molecule has 2 nitrogen and oxygen atoms in total. The van der Waals surface area contributed by atoms with Crippen molar-refractivity contribution < 1.29 is 0 Å². The highest BCUT2D eigenvalue weighted by molar-refractivity contribution is 4.95. The number of hydrazine groups is 1. The minimum absolute atomic E-state index is 1.03.